The van der Waals surface area contributed by atoms with E-state index in [-0.39, 0.29) is 5.56 Å². The first-order valence-electron chi connectivity index (χ1n) is 5.94. The highest BCUT2D eigenvalue weighted by molar-refractivity contribution is 7.71. The van der Waals surface area contributed by atoms with Gasteiger partial charge in [0.2, 0.25) is 0 Å². The number of H-pyrrole nitrogens is 1. The monoisotopic (exact) mass is 266 g/mol. The minimum atomic E-state index is 0.0855. The van der Waals surface area contributed by atoms with E-state index in [1.807, 2.05) is 11.4 Å². The van der Waals surface area contributed by atoms with Crippen LogP contribution in [0.5, 0.6) is 0 Å². The van der Waals surface area contributed by atoms with Crippen molar-refractivity contribution in [2.24, 2.45) is 5.92 Å². The molecule has 1 N–H and O–H groups in total. The SMILES string of the molecule is CCCC1CC1n1c(=S)[nH]c2ccsc2c1=O. The highest BCUT2D eigenvalue weighted by atomic mass is 32.1. The van der Waals surface area contributed by atoms with Crippen molar-refractivity contribution in [3.8, 4) is 0 Å². The van der Waals surface area contributed by atoms with Gasteiger partial charge < -0.3 is 4.98 Å². The van der Waals surface area contributed by atoms with Gasteiger partial charge >= 0.3 is 0 Å². The first-order valence-corrected chi connectivity index (χ1v) is 7.23. The molecule has 3 rings (SSSR count). The predicted molar refractivity (Wildman–Crippen MR) is 73.3 cm³/mol. The van der Waals surface area contributed by atoms with Gasteiger partial charge in [-0.05, 0) is 42.4 Å². The second-order valence-electron chi connectivity index (χ2n) is 4.62. The van der Waals surface area contributed by atoms with E-state index in [0.717, 1.165) is 16.6 Å². The van der Waals surface area contributed by atoms with Gasteiger partial charge in [0.25, 0.3) is 5.56 Å². The zero-order valence-corrected chi connectivity index (χ0v) is 11.2. The lowest BCUT2D eigenvalue weighted by Gasteiger charge is -2.05. The summed E-state index contributed by atoms with van der Waals surface area (Å²) >= 11 is 6.78. The van der Waals surface area contributed by atoms with Crippen molar-refractivity contribution in [2.45, 2.75) is 32.2 Å². The van der Waals surface area contributed by atoms with Crippen LogP contribution in [0.1, 0.15) is 32.2 Å². The van der Waals surface area contributed by atoms with E-state index in [0.29, 0.717) is 16.7 Å². The highest BCUT2D eigenvalue weighted by Gasteiger charge is 2.39. The Morgan fingerprint density at radius 2 is 2.47 bits per heavy atom. The number of aromatic nitrogens is 2. The lowest BCUT2D eigenvalue weighted by Crippen LogP contribution is -2.20. The number of rotatable bonds is 3. The van der Waals surface area contributed by atoms with Crippen LogP contribution in [-0.4, -0.2) is 9.55 Å². The van der Waals surface area contributed by atoms with Gasteiger partial charge in [-0.3, -0.25) is 9.36 Å². The molecule has 2 heterocycles. The van der Waals surface area contributed by atoms with Crippen molar-refractivity contribution in [1.29, 1.82) is 0 Å². The minimum Gasteiger partial charge on any atom is -0.331 e. The molecule has 3 nitrogen and oxygen atoms in total. The van der Waals surface area contributed by atoms with Crippen molar-refractivity contribution in [1.82, 2.24) is 9.55 Å². The molecule has 0 aromatic carbocycles. The van der Waals surface area contributed by atoms with Gasteiger partial charge in [0, 0.05) is 6.04 Å². The first-order chi connectivity index (χ1) is 8.22. The molecule has 0 saturated heterocycles. The van der Waals surface area contributed by atoms with Crippen LogP contribution >= 0.6 is 23.6 Å². The third-order valence-electron chi connectivity index (χ3n) is 3.42. The lowest BCUT2D eigenvalue weighted by molar-refractivity contribution is 0.586. The van der Waals surface area contributed by atoms with Crippen LogP contribution in [0.3, 0.4) is 0 Å². The third-order valence-corrected chi connectivity index (χ3v) is 4.62. The van der Waals surface area contributed by atoms with Crippen molar-refractivity contribution >= 4 is 33.8 Å². The Kier molecular flexibility index (Phi) is 2.67. The molecule has 90 valence electrons. The molecule has 2 aromatic heterocycles. The lowest BCUT2D eigenvalue weighted by atomic mass is 10.2. The summed E-state index contributed by atoms with van der Waals surface area (Å²) in [5.74, 6) is 0.644. The number of fused-ring (bicyclic) bond motifs is 1. The van der Waals surface area contributed by atoms with E-state index >= 15 is 0 Å². The molecule has 1 aliphatic rings. The molecular formula is C12H14N2OS2. The van der Waals surface area contributed by atoms with Crippen molar-refractivity contribution in [3.63, 3.8) is 0 Å². The van der Waals surface area contributed by atoms with Gasteiger partial charge in [-0.1, -0.05) is 13.3 Å². The van der Waals surface area contributed by atoms with Gasteiger partial charge in [0.1, 0.15) is 4.70 Å². The first kappa shape index (κ1) is 11.2. The Morgan fingerprint density at radius 1 is 1.65 bits per heavy atom. The van der Waals surface area contributed by atoms with E-state index in [1.165, 1.54) is 24.2 Å². The summed E-state index contributed by atoms with van der Waals surface area (Å²) in [5.41, 5.74) is 0.955. The number of aromatic amines is 1. The smallest absolute Gasteiger partial charge is 0.272 e. The number of thiophene rings is 1. The molecule has 5 heteroatoms. The maximum atomic E-state index is 12.3. The van der Waals surface area contributed by atoms with Crippen molar-refractivity contribution < 1.29 is 0 Å². The van der Waals surface area contributed by atoms with E-state index in [9.17, 15) is 4.79 Å². The molecule has 0 bridgehead atoms. The average Bonchev–Trinajstić information content (AvgIpc) is 2.87. The van der Waals surface area contributed by atoms with Crippen LogP contribution in [0, 0.1) is 10.7 Å². The van der Waals surface area contributed by atoms with Crippen molar-refractivity contribution in [3.05, 3.63) is 26.6 Å². The fourth-order valence-corrected chi connectivity index (χ4v) is 3.59. The second kappa shape index (κ2) is 4.07. The third kappa shape index (κ3) is 1.77. The Bertz CT molecular complexity index is 667. The molecule has 0 amide bonds. The van der Waals surface area contributed by atoms with E-state index < -0.39 is 0 Å². The Morgan fingerprint density at radius 3 is 3.24 bits per heavy atom. The molecule has 2 unspecified atom stereocenters. The Hall–Kier alpha value is -0.940. The van der Waals surface area contributed by atoms with E-state index in [4.69, 9.17) is 12.2 Å². The Balaban J connectivity index is 2.11. The van der Waals surface area contributed by atoms with Gasteiger partial charge in [-0.25, -0.2) is 0 Å². The summed E-state index contributed by atoms with van der Waals surface area (Å²) in [6, 6.07) is 2.25. The predicted octanol–water partition coefficient (Wildman–Crippen LogP) is 3.48. The molecule has 17 heavy (non-hydrogen) atoms. The van der Waals surface area contributed by atoms with Gasteiger partial charge in [0.15, 0.2) is 4.77 Å². The average molecular weight is 266 g/mol. The largest absolute Gasteiger partial charge is 0.331 e. The molecular weight excluding hydrogens is 252 g/mol. The zero-order valence-electron chi connectivity index (χ0n) is 9.60. The van der Waals surface area contributed by atoms with Gasteiger partial charge in [-0.15, -0.1) is 11.3 Å². The summed E-state index contributed by atoms with van der Waals surface area (Å²) in [6.07, 6.45) is 3.46. The molecule has 1 saturated carbocycles. The fraction of sp³-hybridized carbons (Fsp3) is 0.500. The van der Waals surface area contributed by atoms with Crippen LogP contribution in [0.25, 0.3) is 10.2 Å². The normalized spacial score (nSPS) is 23.1. The zero-order chi connectivity index (χ0) is 12.0. The molecule has 0 spiro atoms. The number of hydrogen-bond donors (Lipinski definition) is 1. The van der Waals surface area contributed by atoms with Gasteiger partial charge in [0.05, 0.1) is 5.52 Å². The standard InChI is InChI=1S/C12H14N2OS2/c1-2-3-7-6-9(7)14-11(15)10-8(4-5-17-10)13-12(14)16/h4-5,7,9H,2-3,6H2,1H3,(H,13,16). The molecule has 0 radical (unpaired) electrons. The summed E-state index contributed by atoms with van der Waals surface area (Å²) in [6.45, 7) is 2.18. The summed E-state index contributed by atoms with van der Waals surface area (Å²) in [5, 5.41) is 1.93. The van der Waals surface area contributed by atoms with Crippen LogP contribution < -0.4 is 5.56 Å². The van der Waals surface area contributed by atoms with E-state index in [2.05, 4.69) is 11.9 Å². The number of nitrogens with one attached hydrogen (secondary N) is 1. The number of hydrogen-bond acceptors (Lipinski definition) is 3. The van der Waals surface area contributed by atoms with Crippen LogP contribution in [0.2, 0.25) is 0 Å². The maximum absolute atomic E-state index is 12.3. The fourth-order valence-electron chi connectivity index (χ4n) is 2.48. The molecule has 0 aliphatic heterocycles. The van der Waals surface area contributed by atoms with Crippen LogP contribution in [-0.2, 0) is 0 Å². The summed E-state index contributed by atoms with van der Waals surface area (Å²) in [7, 11) is 0. The second-order valence-corrected chi connectivity index (χ2v) is 5.92. The molecule has 1 aliphatic carbocycles. The molecule has 1 fully saturated rings. The van der Waals surface area contributed by atoms with E-state index in [1.54, 1.807) is 4.57 Å². The Labute approximate surface area is 108 Å². The maximum Gasteiger partial charge on any atom is 0.272 e. The minimum absolute atomic E-state index is 0.0855. The van der Waals surface area contributed by atoms with Gasteiger partial charge in [-0.2, -0.15) is 0 Å². The van der Waals surface area contributed by atoms with Crippen LogP contribution in [0.4, 0.5) is 0 Å². The number of nitrogens with zero attached hydrogens (tertiary/aromatic N) is 1. The summed E-state index contributed by atoms with van der Waals surface area (Å²) in [4.78, 5) is 15.5. The topological polar surface area (TPSA) is 37.8 Å². The quantitative estimate of drug-likeness (QED) is 0.864. The molecule has 2 aromatic rings. The highest BCUT2D eigenvalue weighted by Crippen LogP contribution is 2.45. The summed E-state index contributed by atoms with van der Waals surface area (Å²) < 4.78 is 3.15. The molecule has 2 atom stereocenters. The van der Waals surface area contributed by atoms with Crippen LogP contribution in [0.15, 0.2) is 16.2 Å². The van der Waals surface area contributed by atoms with Crippen molar-refractivity contribution in [2.75, 3.05) is 0 Å².